The van der Waals surface area contributed by atoms with Crippen LogP contribution in [0, 0.1) is 12.8 Å². The molecule has 0 unspecified atom stereocenters. The number of hydrogen-bond acceptors (Lipinski definition) is 4. The van der Waals surface area contributed by atoms with Crippen LogP contribution in [0.1, 0.15) is 88.3 Å². The van der Waals surface area contributed by atoms with E-state index in [2.05, 4.69) is 25.7 Å². The summed E-state index contributed by atoms with van der Waals surface area (Å²) < 4.78 is 0. The Balaban J connectivity index is 1.66. The van der Waals surface area contributed by atoms with Crippen LogP contribution in [0.3, 0.4) is 0 Å². The van der Waals surface area contributed by atoms with Crippen molar-refractivity contribution in [2.45, 2.75) is 90.6 Å². The zero-order valence-corrected chi connectivity index (χ0v) is 17.2. The predicted octanol–water partition coefficient (Wildman–Crippen LogP) is 4.19. The van der Waals surface area contributed by atoms with Crippen LogP contribution in [-0.4, -0.2) is 39.9 Å². The summed E-state index contributed by atoms with van der Waals surface area (Å²) in [6.45, 7) is 8.57. The number of anilines is 1. The molecular weight excluding hydrogens is 336 g/mol. The van der Waals surface area contributed by atoms with Crippen molar-refractivity contribution in [3.63, 3.8) is 0 Å². The monoisotopic (exact) mass is 370 g/mol. The summed E-state index contributed by atoms with van der Waals surface area (Å²) in [5.41, 5.74) is 2.27. The fraction of sp³-hybridized carbons (Fsp3) is 0.773. The first-order valence-corrected chi connectivity index (χ1v) is 11.0. The molecule has 0 radical (unpaired) electrons. The molecule has 0 N–H and O–H groups in total. The van der Waals surface area contributed by atoms with Gasteiger partial charge >= 0.3 is 0 Å². The van der Waals surface area contributed by atoms with Gasteiger partial charge < -0.3 is 0 Å². The second-order valence-corrected chi connectivity index (χ2v) is 8.97. The summed E-state index contributed by atoms with van der Waals surface area (Å²) in [4.78, 5) is 27.3. The van der Waals surface area contributed by atoms with Crippen molar-refractivity contribution < 1.29 is 4.79 Å². The molecule has 148 valence electrons. The normalized spacial score (nSPS) is 24.7. The van der Waals surface area contributed by atoms with Gasteiger partial charge in [-0.25, -0.2) is 9.97 Å². The van der Waals surface area contributed by atoms with Crippen molar-refractivity contribution in [1.29, 1.82) is 0 Å². The van der Waals surface area contributed by atoms with Gasteiger partial charge in [-0.3, -0.25) is 14.6 Å². The number of likely N-dealkylation sites (tertiary alicyclic amines) is 1. The molecule has 1 aromatic heterocycles. The zero-order valence-electron chi connectivity index (χ0n) is 17.2. The highest BCUT2D eigenvalue weighted by atomic mass is 16.2. The van der Waals surface area contributed by atoms with E-state index in [4.69, 9.17) is 9.97 Å². The smallest absolute Gasteiger partial charge is 0.228 e. The van der Waals surface area contributed by atoms with Crippen LogP contribution in [-0.2, 0) is 11.2 Å². The van der Waals surface area contributed by atoms with Crippen molar-refractivity contribution >= 4 is 11.7 Å². The van der Waals surface area contributed by atoms with Gasteiger partial charge in [0.25, 0.3) is 0 Å². The molecule has 1 saturated carbocycles. The van der Waals surface area contributed by atoms with Crippen LogP contribution >= 0.6 is 0 Å². The van der Waals surface area contributed by atoms with Gasteiger partial charge in [0.05, 0.1) is 6.04 Å². The van der Waals surface area contributed by atoms with Gasteiger partial charge in [-0.2, -0.15) is 0 Å². The zero-order chi connectivity index (χ0) is 19.0. The first-order chi connectivity index (χ1) is 13.0. The number of carbonyl (C=O) groups excluding carboxylic acids is 1. The van der Waals surface area contributed by atoms with Gasteiger partial charge in [0.1, 0.15) is 11.6 Å². The number of nitrogens with zero attached hydrogens (tertiary/aromatic N) is 4. The van der Waals surface area contributed by atoms with Crippen LogP contribution in [0.5, 0.6) is 0 Å². The average molecular weight is 371 g/mol. The fourth-order valence-corrected chi connectivity index (χ4v) is 5.25. The van der Waals surface area contributed by atoms with Crippen LogP contribution in [0.25, 0.3) is 0 Å². The largest absolute Gasteiger partial charge is 0.296 e. The molecule has 0 aromatic carbocycles. The second-order valence-electron chi connectivity index (χ2n) is 8.97. The van der Waals surface area contributed by atoms with E-state index < -0.39 is 0 Å². The predicted molar refractivity (Wildman–Crippen MR) is 108 cm³/mol. The Morgan fingerprint density at radius 1 is 1.04 bits per heavy atom. The highest BCUT2D eigenvalue weighted by molar-refractivity contribution is 5.95. The standard InChI is InChI=1S/C22H34N4O/c1-15(2)25-13-7-10-19(25)21-23-16(3)18-11-12-20(27)26(22(18)24-21)14-17-8-5-4-6-9-17/h15,17,19H,4-14H2,1-3H3/t19-/m1/s1. The van der Waals surface area contributed by atoms with E-state index in [-0.39, 0.29) is 5.91 Å². The molecule has 3 heterocycles. The van der Waals surface area contributed by atoms with E-state index in [1.807, 2.05) is 4.90 Å². The van der Waals surface area contributed by atoms with Crippen molar-refractivity contribution in [3.05, 3.63) is 17.1 Å². The molecule has 2 fully saturated rings. The summed E-state index contributed by atoms with van der Waals surface area (Å²) in [7, 11) is 0. The Kier molecular flexibility index (Phi) is 5.49. The number of amides is 1. The molecule has 2 aliphatic heterocycles. The summed E-state index contributed by atoms with van der Waals surface area (Å²) in [6.07, 6.45) is 10.2. The van der Waals surface area contributed by atoms with E-state index in [1.165, 1.54) is 44.1 Å². The number of carbonyl (C=O) groups is 1. The molecule has 1 amide bonds. The molecule has 5 nitrogen and oxygen atoms in total. The van der Waals surface area contributed by atoms with Crippen LogP contribution in [0.4, 0.5) is 5.82 Å². The van der Waals surface area contributed by atoms with E-state index in [0.717, 1.165) is 43.3 Å². The summed E-state index contributed by atoms with van der Waals surface area (Å²) in [6, 6.07) is 0.792. The molecule has 27 heavy (non-hydrogen) atoms. The lowest BCUT2D eigenvalue weighted by molar-refractivity contribution is -0.119. The molecule has 0 bridgehead atoms. The Morgan fingerprint density at radius 2 is 1.81 bits per heavy atom. The Bertz CT molecular complexity index is 696. The van der Waals surface area contributed by atoms with Crippen molar-refractivity contribution in [1.82, 2.24) is 14.9 Å². The number of hydrogen-bond donors (Lipinski definition) is 0. The van der Waals surface area contributed by atoms with Crippen LogP contribution in [0.15, 0.2) is 0 Å². The van der Waals surface area contributed by atoms with Gasteiger partial charge in [-0.1, -0.05) is 19.3 Å². The maximum atomic E-state index is 12.8. The van der Waals surface area contributed by atoms with Crippen molar-refractivity contribution in [3.8, 4) is 0 Å². The van der Waals surface area contributed by atoms with Gasteiger partial charge in [-0.05, 0) is 65.3 Å². The minimum atomic E-state index is 0.254. The number of rotatable bonds is 4. The summed E-state index contributed by atoms with van der Waals surface area (Å²) in [5, 5.41) is 0. The molecule has 4 rings (SSSR count). The van der Waals surface area contributed by atoms with Crippen LogP contribution in [0.2, 0.25) is 0 Å². The minimum absolute atomic E-state index is 0.254. The lowest BCUT2D eigenvalue weighted by Gasteiger charge is -2.34. The third-order valence-corrected chi connectivity index (χ3v) is 6.78. The molecule has 1 saturated heterocycles. The topological polar surface area (TPSA) is 49.3 Å². The van der Waals surface area contributed by atoms with E-state index in [1.54, 1.807) is 0 Å². The molecule has 3 aliphatic rings. The van der Waals surface area contributed by atoms with E-state index in [9.17, 15) is 4.79 Å². The van der Waals surface area contributed by atoms with Gasteiger partial charge in [0.15, 0.2) is 0 Å². The Labute approximate surface area is 163 Å². The first-order valence-electron chi connectivity index (χ1n) is 11.0. The minimum Gasteiger partial charge on any atom is -0.296 e. The Hall–Kier alpha value is -1.49. The highest BCUT2D eigenvalue weighted by Gasteiger charge is 2.34. The number of aromatic nitrogens is 2. The average Bonchev–Trinajstić information content (AvgIpc) is 3.15. The molecule has 0 spiro atoms. The molecule has 1 atom stereocenters. The number of aryl methyl sites for hydroxylation is 1. The highest BCUT2D eigenvalue weighted by Crippen LogP contribution is 2.36. The lowest BCUT2D eigenvalue weighted by atomic mass is 9.88. The van der Waals surface area contributed by atoms with Crippen molar-refractivity contribution in [2.75, 3.05) is 18.0 Å². The molecule has 1 aromatic rings. The summed E-state index contributed by atoms with van der Waals surface area (Å²) in [5.74, 6) is 2.74. The SMILES string of the molecule is Cc1nc([C@H]2CCCN2C(C)C)nc2c1CCC(=O)N2CC1CCCCC1. The molecule has 1 aliphatic carbocycles. The maximum Gasteiger partial charge on any atom is 0.228 e. The third-order valence-electron chi connectivity index (χ3n) is 6.78. The molecular formula is C22H34N4O. The third kappa shape index (κ3) is 3.75. The Morgan fingerprint density at radius 3 is 2.56 bits per heavy atom. The van der Waals surface area contributed by atoms with Gasteiger partial charge in [0, 0.05) is 30.3 Å². The first kappa shape index (κ1) is 18.9. The molecule has 5 heteroatoms. The number of fused-ring (bicyclic) bond motifs is 1. The van der Waals surface area contributed by atoms with Gasteiger partial charge in [0.2, 0.25) is 5.91 Å². The van der Waals surface area contributed by atoms with Crippen molar-refractivity contribution in [2.24, 2.45) is 5.92 Å². The second kappa shape index (κ2) is 7.86. The lowest BCUT2D eigenvalue weighted by Crippen LogP contribution is -2.41. The van der Waals surface area contributed by atoms with E-state index >= 15 is 0 Å². The fourth-order valence-electron chi connectivity index (χ4n) is 5.25. The quantitative estimate of drug-likeness (QED) is 0.797. The van der Waals surface area contributed by atoms with Crippen LogP contribution < -0.4 is 4.90 Å². The summed E-state index contributed by atoms with van der Waals surface area (Å²) >= 11 is 0. The van der Waals surface area contributed by atoms with E-state index in [0.29, 0.717) is 24.4 Å². The van der Waals surface area contributed by atoms with Gasteiger partial charge in [-0.15, -0.1) is 0 Å². The maximum absolute atomic E-state index is 12.8.